The molecule has 2 aromatic carbocycles. The van der Waals surface area contributed by atoms with Crippen LogP contribution in [0.2, 0.25) is 5.02 Å². The Kier molecular flexibility index (Phi) is 8.70. The number of carbonyl (C=O) groups is 1. The van der Waals surface area contributed by atoms with E-state index in [1.54, 1.807) is 0 Å². The lowest BCUT2D eigenvalue weighted by molar-refractivity contribution is -0.118. The van der Waals surface area contributed by atoms with E-state index in [1.165, 1.54) is 16.9 Å². The number of anilines is 1. The van der Waals surface area contributed by atoms with Crippen molar-refractivity contribution in [2.24, 2.45) is 0 Å². The predicted molar refractivity (Wildman–Crippen MR) is 122 cm³/mol. The number of carbonyl (C=O) groups excluding carboxylic acids is 1. The Morgan fingerprint density at radius 2 is 1.82 bits per heavy atom. The fourth-order valence-electron chi connectivity index (χ4n) is 2.92. The Balaban J connectivity index is 0.00000280. The van der Waals surface area contributed by atoms with Crippen LogP contribution in [0.1, 0.15) is 18.4 Å². The third-order valence-corrected chi connectivity index (χ3v) is 5.70. The number of halogens is 2. The largest absolute Gasteiger partial charge is 0.309 e. The van der Waals surface area contributed by atoms with E-state index >= 15 is 0 Å². The lowest BCUT2D eigenvalue weighted by Crippen LogP contribution is -2.33. The van der Waals surface area contributed by atoms with E-state index in [9.17, 15) is 4.79 Å². The first-order chi connectivity index (χ1) is 13.0. The number of aryl methyl sites for hydroxylation is 1. The van der Waals surface area contributed by atoms with Gasteiger partial charge in [-0.1, -0.05) is 59.3 Å². The molecule has 1 heterocycles. The molecule has 150 valence electrons. The maximum absolute atomic E-state index is 13.0. The van der Waals surface area contributed by atoms with E-state index in [4.69, 9.17) is 11.6 Å². The van der Waals surface area contributed by atoms with Gasteiger partial charge in [-0.3, -0.25) is 9.69 Å². The first kappa shape index (κ1) is 22.6. The van der Waals surface area contributed by atoms with Gasteiger partial charge >= 0.3 is 0 Å². The highest BCUT2D eigenvalue weighted by Gasteiger charge is 2.20. The number of hydrogen-bond acceptors (Lipinski definition) is 4. The van der Waals surface area contributed by atoms with Crippen LogP contribution in [-0.2, 0) is 11.2 Å². The van der Waals surface area contributed by atoms with Crippen molar-refractivity contribution in [2.45, 2.75) is 19.3 Å². The van der Waals surface area contributed by atoms with Crippen LogP contribution < -0.4 is 4.90 Å². The first-order valence-electron chi connectivity index (χ1n) is 9.08. The molecule has 4 nitrogen and oxygen atoms in total. The molecule has 0 bridgehead atoms. The fourth-order valence-corrected chi connectivity index (χ4v) is 4.23. The molecule has 0 saturated carbocycles. The van der Waals surface area contributed by atoms with Crippen molar-refractivity contribution in [3.8, 4) is 0 Å². The summed E-state index contributed by atoms with van der Waals surface area (Å²) in [5, 5.41) is 1.36. The number of fused-ring (bicyclic) bond motifs is 1. The molecule has 0 aliphatic heterocycles. The summed E-state index contributed by atoms with van der Waals surface area (Å²) in [5.74, 6) is 0.104. The Hall–Kier alpha value is -1.66. The van der Waals surface area contributed by atoms with Gasteiger partial charge in [0.1, 0.15) is 5.52 Å². The quantitative estimate of drug-likeness (QED) is 0.480. The van der Waals surface area contributed by atoms with Gasteiger partial charge < -0.3 is 4.90 Å². The Labute approximate surface area is 181 Å². The minimum absolute atomic E-state index is 0. The summed E-state index contributed by atoms with van der Waals surface area (Å²) in [7, 11) is 4.08. The van der Waals surface area contributed by atoms with Gasteiger partial charge in [-0.05, 0) is 51.2 Å². The highest BCUT2D eigenvalue weighted by Crippen LogP contribution is 2.33. The van der Waals surface area contributed by atoms with Gasteiger partial charge in [-0.25, -0.2) is 4.98 Å². The summed E-state index contributed by atoms with van der Waals surface area (Å²) < 4.78 is 1.01. The standard InChI is InChI=1S/C21H24ClN3OS.ClH/c1-24(2)14-7-15-25(19(26)13-12-16-8-4-3-5-9-16)21-23-20-17(22)10-6-11-18(20)27-21;/h3-6,8-11H,7,12-15H2,1-2H3;1H. The van der Waals surface area contributed by atoms with E-state index < -0.39 is 0 Å². The number of thiazole rings is 1. The molecule has 0 aliphatic rings. The molecule has 3 aromatic rings. The monoisotopic (exact) mass is 437 g/mol. The molecule has 0 spiro atoms. The number of nitrogens with zero attached hydrogens (tertiary/aromatic N) is 3. The summed E-state index contributed by atoms with van der Waals surface area (Å²) in [4.78, 5) is 21.6. The minimum Gasteiger partial charge on any atom is -0.309 e. The van der Waals surface area contributed by atoms with E-state index in [2.05, 4.69) is 22.0 Å². The SMILES string of the molecule is CN(C)CCCN(C(=O)CCc1ccccc1)c1nc2c(Cl)cccc2s1.Cl. The zero-order valence-corrected chi connectivity index (χ0v) is 18.5. The molecule has 0 radical (unpaired) electrons. The Morgan fingerprint density at radius 3 is 2.50 bits per heavy atom. The molecule has 1 amide bonds. The van der Waals surface area contributed by atoms with Crippen molar-refractivity contribution in [3.05, 3.63) is 59.1 Å². The first-order valence-corrected chi connectivity index (χ1v) is 10.3. The van der Waals surface area contributed by atoms with E-state index in [0.717, 1.165) is 34.7 Å². The predicted octanol–water partition coefficient (Wildman–Crippen LogP) is 5.29. The highest BCUT2D eigenvalue weighted by atomic mass is 35.5. The van der Waals surface area contributed by atoms with Gasteiger partial charge in [0, 0.05) is 13.0 Å². The van der Waals surface area contributed by atoms with Crippen molar-refractivity contribution < 1.29 is 4.79 Å². The van der Waals surface area contributed by atoms with Crippen LogP contribution in [0.4, 0.5) is 5.13 Å². The molecule has 0 unspecified atom stereocenters. The van der Waals surface area contributed by atoms with Gasteiger partial charge in [0.2, 0.25) is 5.91 Å². The van der Waals surface area contributed by atoms with Gasteiger partial charge in [0.15, 0.2) is 5.13 Å². The summed E-state index contributed by atoms with van der Waals surface area (Å²) >= 11 is 7.80. The van der Waals surface area contributed by atoms with Crippen LogP contribution in [0.5, 0.6) is 0 Å². The van der Waals surface area contributed by atoms with Crippen LogP contribution in [0.25, 0.3) is 10.2 Å². The number of aromatic nitrogens is 1. The van der Waals surface area contributed by atoms with Crippen LogP contribution in [0.3, 0.4) is 0 Å². The average Bonchev–Trinajstić information content (AvgIpc) is 3.09. The normalized spacial score (nSPS) is 10.9. The number of benzene rings is 2. The highest BCUT2D eigenvalue weighted by molar-refractivity contribution is 7.22. The van der Waals surface area contributed by atoms with Crippen molar-refractivity contribution in [1.29, 1.82) is 0 Å². The van der Waals surface area contributed by atoms with Crippen LogP contribution in [-0.4, -0.2) is 43.0 Å². The molecular weight excluding hydrogens is 413 g/mol. The second-order valence-electron chi connectivity index (χ2n) is 6.77. The Bertz CT molecular complexity index is 899. The van der Waals surface area contributed by atoms with Gasteiger partial charge in [-0.15, -0.1) is 12.4 Å². The molecule has 0 aliphatic carbocycles. The maximum atomic E-state index is 13.0. The van der Waals surface area contributed by atoms with Gasteiger partial charge in [0.05, 0.1) is 9.72 Å². The van der Waals surface area contributed by atoms with Crippen molar-refractivity contribution in [3.63, 3.8) is 0 Å². The molecule has 0 N–H and O–H groups in total. The molecule has 0 saturated heterocycles. The zero-order chi connectivity index (χ0) is 19.2. The zero-order valence-electron chi connectivity index (χ0n) is 16.1. The second kappa shape index (κ2) is 10.8. The topological polar surface area (TPSA) is 36.4 Å². The molecule has 1 aromatic heterocycles. The molecular formula is C21H25Cl2N3OS. The van der Waals surface area contributed by atoms with Crippen molar-refractivity contribution in [1.82, 2.24) is 9.88 Å². The molecule has 0 atom stereocenters. The smallest absolute Gasteiger partial charge is 0.229 e. The van der Waals surface area contributed by atoms with Crippen LogP contribution >= 0.6 is 35.3 Å². The number of para-hydroxylation sites is 1. The van der Waals surface area contributed by atoms with Crippen molar-refractivity contribution >= 4 is 56.6 Å². The second-order valence-corrected chi connectivity index (χ2v) is 8.19. The summed E-state index contributed by atoms with van der Waals surface area (Å²) in [6.07, 6.45) is 2.10. The Morgan fingerprint density at radius 1 is 1.07 bits per heavy atom. The maximum Gasteiger partial charge on any atom is 0.229 e. The van der Waals surface area contributed by atoms with Crippen molar-refractivity contribution in [2.75, 3.05) is 32.1 Å². The van der Waals surface area contributed by atoms with Gasteiger partial charge in [-0.2, -0.15) is 0 Å². The number of hydrogen-bond donors (Lipinski definition) is 0. The average molecular weight is 438 g/mol. The third kappa shape index (κ3) is 5.92. The van der Waals surface area contributed by atoms with Crippen LogP contribution in [0.15, 0.2) is 48.5 Å². The number of amides is 1. The van der Waals surface area contributed by atoms with E-state index in [0.29, 0.717) is 18.0 Å². The van der Waals surface area contributed by atoms with Gasteiger partial charge in [0.25, 0.3) is 0 Å². The minimum atomic E-state index is 0. The molecule has 3 rings (SSSR count). The van der Waals surface area contributed by atoms with E-state index in [1.807, 2.05) is 55.4 Å². The van der Waals surface area contributed by atoms with Crippen LogP contribution in [0, 0.1) is 0 Å². The summed E-state index contributed by atoms with van der Waals surface area (Å²) in [6, 6.07) is 15.9. The fraction of sp³-hybridized carbons (Fsp3) is 0.333. The third-order valence-electron chi connectivity index (χ3n) is 4.35. The molecule has 0 fully saturated rings. The lowest BCUT2D eigenvalue weighted by Gasteiger charge is -2.21. The number of rotatable bonds is 8. The lowest BCUT2D eigenvalue weighted by atomic mass is 10.1. The van der Waals surface area contributed by atoms with E-state index in [-0.39, 0.29) is 18.3 Å². The summed E-state index contributed by atoms with van der Waals surface area (Å²) in [6.45, 7) is 1.58. The summed E-state index contributed by atoms with van der Waals surface area (Å²) in [5.41, 5.74) is 1.94. The molecule has 28 heavy (non-hydrogen) atoms. The molecule has 7 heteroatoms.